The minimum absolute atomic E-state index is 0.000712. The fraction of sp³-hybridized carbons (Fsp3) is 0.216. The Morgan fingerprint density at radius 3 is 2.11 bits per heavy atom. The second kappa shape index (κ2) is 13.5. The zero-order chi connectivity index (χ0) is 31.2. The van der Waals surface area contributed by atoms with Gasteiger partial charge in [-0.05, 0) is 45.9 Å². The van der Waals surface area contributed by atoms with Crippen LogP contribution in [0.1, 0.15) is 35.1 Å². The van der Waals surface area contributed by atoms with Crippen molar-refractivity contribution >= 4 is 28.9 Å². The highest BCUT2D eigenvalue weighted by Crippen LogP contribution is 2.44. The summed E-state index contributed by atoms with van der Waals surface area (Å²) in [6, 6.07) is 32.3. The normalized spacial score (nSPS) is 13.4. The summed E-state index contributed by atoms with van der Waals surface area (Å²) in [5.74, 6) is -0.945. The van der Waals surface area contributed by atoms with Crippen LogP contribution in [0.5, 0.6) is 0 Å². The van der Waals surface area contributed by atoms with Crippen molar-refractivity contribution in [2.75, 3.05) is 13.2 Å². The molecule has 8 heteroatoms. The summed E-state index contributed by atoms with van der Waals surface area (Å²) >= 11 is 0. The van der Waals surface area contributed by atoms with Gasteiger partial charge in [-0.1, -0.05) is 97.1 Å². The fourth-order valence-electron chi connectivity index (χ4n) is 6.08. The van der Waals surface area contributed by atoms with Gasteiger partial charge in [0.2, 0.25) is 5.91 Å². The average molecular weight is 602 g/mol. The van der Waals surface area contributed by atoms with E-state index >= 15 is 0 Å². The number of H-pyrrole nitrogens is 1. The summed E-state index contributed by atoms with van der Waals surface area (Å²) in [5.41, 5.74) is 7.27. The van der Waals surface area contributed by atoms with E-state index < -0.39 is 30.1 Å². The van der Waals surface area contributed by atoms with E-state index in [0.29, 0.717) is 6.42 Å². The highest BCUT2D eigenvalue weighted by molar-refractivity contribution is 5.88. The molecule has 0 saturated carbocycles. The summed E-state index contributed by atoms with van der Waals surface area (Å²) in [6.45, 7) is 1.46. The first-order valence-electron chi connectivity index (χ1n) is 15.1. The molecule has 0 radical (unpaired) electrons. The molecule has 1 aliphatic carbocycles. The van der Waals surface area contributed by atoms with Crippen molar-refractivity contribution in [2.24, 2.45) is 0 Å². The number of ether oxygens (including phenoxy) is 2. The number of fused-ring (bicyclic) bond motifs is 4. The lowest BCUT2D eigenvalue weighted by atomic mass is 9.98. The lowest BCUT2D eigenvalue weighted by Gasteiger charge is -2.24. The predicted molar refractivity (Wildman–Crippen MR) is 173 cm³/mol. The second-order valence-corrected chi connectivity index (χ2v) is 11.3. The Bertz CT molecular complexity index is 1770. The molecular weight excluding hydrogens is 566 g/mol. The molecule has 45 heavy (non-hydrogen) atoms. The molecule has 5 aromatic rings. The van der Waals surface area contributed by atoms with Crippen molar-refractivity contribution in [3.63, 3.8) is 0 Å². The number of hydrogen-bond donors (Lipinski definition) is 3. The van der Waals surface area contributed by atoms with Crippen LogP contribution in [0.25, 0.3) is 22.0 Å². The highest BCUT2D eigenvalue weighted by atomic mass is 16.5. The van der Waals surface area contributed by atoms with E-state index in [1.807, 2.05) is 85.1 Å². The van der Waals surface area contributed by atoms with Gasteiger partial charge in [0.05, 0.1) is 6.04 Å². The monoisotopic (exact) mass is 601 g/mol. The molecule has 3 N–H and O–H groups in total. The number of hydrogen-bond acceptors (Lipinski definition) is 5. The SMILES string of the molecule is CC(=O)OC[C@@H](Cc1ccccc1)NC(=O)[C@H](Cc1c[nH]c2ccccc12)NC(=O)OCC1c2ccccc2-c2ccccc21. The van der Waals surface area contributed by atoms with E-state index in [9.17, 15) is 14.4 Å². The second-order valence-electron chi connectivity index (χ2n) is 11.3. The van der Waals surface area contributed by atoms with Gasteiger partial charge < -0.3 is 25.1 Å². The highest BCUT2D eigenvalue weighted by Gasteiger charge is 2.30. The molecule has 1 aliphatic rings. The van der Waals surface area contributed by atoms with Gasteiger partial charge in [0.15, 0.2) is 0 Å². The van der Waals surface area contributed by atoms with Crippen molar-refractivity contribution in [2.45, 2.75) is 37.8 Å². The Balaban J connectivity index is 1.20. The number of carbonyl (C=O) groups is 3. The molecule has 0 saturated heterocycles. The van der Waals surface area contributed by atoms with Crippen LogP contribution in [-0.4, -0.2) is 48.3 Å². The van der Waals surface area contributed by atoms with Crippen molar-refractivity contribution < 1.29 is 23.9 Å². The minimum atomic E-state index is -0.949. The van der Waals surface area contributed by atoms with Crippen LogP contribution in [0.2, 0.25) is 0 Å². The zero-order valence-corrected chi connectivity index (χ0v) is 25.0. The third-order valence-electron chi connectivity index (χ3n) is 8.21. The third-order valence-corrected chi connectivity index (χ3v) is 8.21. The van der Waals surface area contributed by atoms with Crippen molar-refractivity contribution in [1.29, 1.82) is 0 Å². The number of aromatic nitrogens is 1. The van der Waals surface area contributed by atoms with Crippen molar-refractivity contribution in [3.05, 3.63) is 132 Å². The first kappa shape index (κ1) is 29.7. The molecular formula is C37H35N3O5. The number of nitrogens with one attached hydrogen (secondary N) is 3. The lowest BCUT2D eigenvalue weighted by Crippen LogP contribution is -2.52. The van der Waals surface area contributed by atoms with E-state index in [1.165, 1.54) is 6.92 Å². The van der Waals surface area contributed by atoms with Crippen LogP contribution in [-0.2, 0) is 31.9 Å². The number of benzene rings is 4. The molecule has 8 nitrogen and oxygen atoms in total. The molecule has 4 aromatic carbocycles. The molecule has 0 fully saturated rings. The van der Waals surface area contributed by atoms with E-state index in [-0.39, 0.29) is 25.6 Å². The van der Waals surface area contributed by atoms with E-state index in [4.69, 9.17) is 9.47 Å². The van der Waals surface area contributed by atoms with Gasteiger partial charge in [-0.2, -0.15) is 0 Å². The summed E-state index contributed by atoms with van der Waals surface area (Å²) in [6.07, 6.45) is 1.84. The molecule has 2 atom stereocenters. The lowest BCUT2D eigenvalue weighted by molar-refractivity contribution is -0.142. The van der Waals surface area contributed by atoms with Gasteiger partial charge in [-0.3, -0.25) is 9.59 Å². The fourth-order valence-corrected chi connectivity index (χ4v) is 6.08. The summed E-state index contributed by atoms with van der Waals surface area (Å²) in [7, 11) is 0. The number of aromatic amines is 1. The number of rotatable bonds is 11. The summed E-state index contributed by atoms with van der Waals surface area (Å²) in [5, 5.41) is 6.81. The molecule has 228 valence electrons. The molecule has 1 heterocycles. The topological polar surface area (TPSA) is 110 Å². The molecule has 6 rings (SSSR count). The van der Waals surface area contributed by atoms with Gasteiger partial charge >= 0.3 is 12.1 Å². The van der Waals surface area contributed by atoms with Crippen LogP contribution in [0.3, 0.4) is 0 Å². The Morgan fingerprint density at radius 2 is 1.40 bits per heavy atom. The van der Waals surface area contributed by atoms with Crippen LogP contribution in [0.4, 0.5) is 4.79 Å². The van der Waals surface area contributed by atoms with Gasteiger partial charge in [0.25, 0.3) is 0 Å². The van der Waals surface area contributed by atoms with Gasteiger partial charge in [-0.15, -0.1) is 0 Å². The summed E-state index contributed by atoms with van der Waals surface area (Å²) in [4.78, 5) is 42.0. The van der Waals surface area contributed by atoms with Gasteiger partial charge in [-0.25, -0.2) is 4.79 Å². The molecule has 0 unspecified atom stereocenters. The third kappa shape index (κ3) is 6.91. The molecule has 1 aromatic heterocycles. The van der Waals surface area contributed by atoms with E-state index in [1.54, 1.807) is 0 Å². The molecule has 0 aliphatic heterocycles. The van der Waals surface area contributed by atoms with Crippen LogP contribution in [0.15, 0.2) is 109 Å². The molecule has 2 amide bonds. The maximum absolute atomic E-state index is 13.8. The quantitative estimate of drug-likeness (QED) is 0.163. The van der Waals surface area contributed by atoms with Crippen molar-refractivity contribution in [1.82, 2.24) is 15.6 Å². The number of alkyl carbamates (subject to hydrolysis) is 1. The molecule has 0 bridgehead atoms. The zero-order valence-electron chi connectivity index (χ0n) is 25.0. The van der Waals surface area contributed by atoms with Crippen molar-refractivity contribution in [3.8, 4) is 11.1 Å². The van der Waals surface area contributed by atoms with E-state index in [0.717, 1.165) is 44.3 Å². The first-order chi connectivity index (χ1) is 22.0. The Labute approximate surface area is 261 Å². The van der Waals surface area contributed by atoms with Gasteiger partial charge in [0.1, 0.15) is 19.3 Å². The number of esters is 1. The van der Waals surface area contributed by atoms with E-state index in [2.05, 4.69) is 39.9 Å². The smallest absolute Gasteiger partial charge is 0.407 e. The maximum atomic E-state index is 13.8. The minimum Gasteiger partial charge on any atom is -0.464 e. The van der Waals surface area contributed by atoms with Gasteiger partial charge in [0, 0.05) is 36.4 Å². The Morgan fingerprint density at radius 1 is 0.756 bits per heavy atom. The summed E-state index contributed by atoms with van der Waals surface area (Å²) < 4.78 is 11.1. The number of para-hydroxylation sites is 1. The van der Waals surface area contributed by atoms with Crippen LogP contribution >= 0.6 is 0 Å². The number of amides is 2. The van der Waals surface area contributed by atoms with Crippen LogP contribution in [0, 0.1) is 0 Å². The van der Waals surface area contributed by atoms with Crippen LogP contribution < -0.4 is 10.6 Å². The first-order valence-corrected chi connectivity index (χ1v) is 15.1. The maximum Gasteiger partial charge on any atom is 0.407 e. The number of carbonyl (C=O) groups excluding carboxylic acids is 3. The Kier molecular flexibility index (Phi) is 8.91. The Hall–Kier alpha value is -5.37. The average Bonchev–Trinajstić information content (AvgIpc) is 3.61. The molecule has 0 spiro atoms. The standard InChI is InChI=1S/C37H35N3O5/c1-24(41)44-22-27(19-25-11-3-2-4-12-25)39-36(42)35(20-26-21-38-34-18-10-9-13-28(26)34)40-37(43)45-23-33-31-16-7-5-14-29(31)30-15-6-8-17-32(30)33/h2-18,21,27,33,35,38H,19-20,22-23H2,1H3,(H,39,42)(H,40,43)/t27-,35+/m1/s1. The predicted octanol–water partition coefficient (Wildman–Crippen LogP) is 5.91. The largest absolute Gasteiger partial charge is 0.464 e.